The van der Waals surface area contributed by atoms with Crippen LogP contribution in [0.25, 0.3) is 0 Å². The fourth-order valence-corrected chi connectivity index (χ4v) is 5.24. The van der Waals surface area contributed by atoms with Crippen molar-refractivity contribution in [2.24, 2.45) is 0 Å². The molecule has 1 atom stereocenters. The van der Waals surface area contributed by atoms with Gasteiger partial charge in [-0.2, -0.15) is 0 Å². The predicted molar refractivity (Wildman–Crippen MR) is 141 cm³/mol. The zero-order valence-electron chi connectivity index (χ0n) is 21.8. The Hall–Kier alpha value is -3.92. The number of carbonyl (C=O) groups excluding carboxylic acids is 1. The van der Waals surface area contributed by atoms with Gasteiger partial charge in [-0.25, -0.2) is 8.42 Å². The highest BCUT2D eigenvalue weighted by atomic mass is 32.2. The quantitative estimate of drug-likeness (QED) is 0.400. The molecule has 0 bridgehead atoms. The molecule has 9 nitrogen and oxygen atoms in total. The molecule has 0 heterocycles. The van der Waals surface area contributed by atoms with Crippen molar-refractivity contribution < 1.29 is 32.2 Å². The van der Waals surface area contributed by atoms with Crippen LogP contribution in [-0.4, -0.2) is 49.3 Å². The molecule has 3 rings (SSSR count). The number of benzene rings is 3. The summed E-state index contributed by atoms with van der Waals surface area (Å²) >= 11 is 0. The molecule has 0 aliphatic rings. The Kier molecular flexibility index (Phi) is 8.88. The third-order valence-corrected chi connectivity index (χ3v) is 7.60. The molecule has 37 heavy (non-hydrogen) atoms. The van der Waals surface area contributed by atoms with Crippen LogP contribution in [0.5, 0.6) is 23.0 Å². The van der Waals surface area contributed by atoms with Crippen molar-refractivity contribution in [3.8, 4) is 23.0 Å². The second kappa shape index (κ2) is 11.9. The van der Waals surface area contributed by atoms with Crippen LogP contribution >= 0.6 is 0 Å². The van der Waals surface area contributed by atoms with Gasteiger partial charge in [-0.1, -0.05) is 17.7 Å². The molecular formula is C27H32N2O7S. The van der Waals surface area contributed by atoms with Gasteiger partial charge in [0.1, 0.15) is 18.0 Å². The van der Waals surface area contributed by atoms with E-state index in [1.54, 1.807) is 56.5 Å². The second-order valence-electron chi connectivity index (χ2n) is 8.26. The highest BCUT2D eigenvalue weighted by Crippen LogP contribution is 2.33. The van der Waals surface area contributed by atoms with Crippen LogP contribution in [0.2, 0.25) is 0 Å². The van der Waals surface area contributed by atoms with Crippen LogP contribution in [0.1, 0.15) is 24.1 Å². The lowest BCUT2D eigenvalue weighted by Gasteiger charge is -2.26. The third-order valence-electron chi connectivity index (χ3n) is 5.83. The van der Waals surface area contributed by atoms with Crippen LogP contribution in [-0.2, 0) is 14.8 Å². The Morgan fingerprint density at radius 2 is 1.46 bits per heavy atom. The Morgan fingerprint density at radius 3 is 2.05 bits per heavy atom. The molecule has 3 aromatic carbocycles. The first-order valence-corrected chi connectivity index (χ1v) is 12.9. The van der Waals surface area contributed by atoms with E-state index in [-0.39, 0.29) is 10.6 Å². The van der Waals surface area contributed by atoms with E-state index in [4.69, 9.17) is 18.9 Å². The summed E-state index contributed by atoms with van der Waals surface area (Å²) in [5, 5.41) is 2.87. The maximum absolute atomic E-state index is 13.8. The number of sulfonamides is 1. The fourth-order valence-electron chi connectivity index (χ4n) is 3.80. The van der Waals surface area contributed by atoms with E-state index in [0.717, 1.165) is 9.87 Å². The summed E-state index contributed by atoms with van der Waals surface area (Å²) in [6, 6.07) is 16.0. The summed E-state index contributed by atoms with van der Waals surface area (Å²) < 4.78 is 49.9. The molecule has 0 aliphatic heterocycles. The van der Waals surface area contributed by atoms with Crippen LogP contribution in [0.15, 0.2) is 65.6 Å². The number of ether oxygens (including phenoxy) is 4. The van der Waals surface area contributed by atoms with Crippen molar-refractivity contribution in [1.82, 2.24) is 5.32 Å². The summed E-state index contributed by atoms with van der Waals surface area (Å²) in [5.41, 5.74) is 2.00. The van der Waals surface area contributed by atoms with Crippen molar-refractivity contribution >= 4 is 21.6 Å². The van der Waals surface area contributed by atoms with Crippen molar-refractivity contribution in [3.05, 3.63) is 71.8 Å². The average molecular weight is 529 g/mol. The number of hydrogen-bond donors (Lipinski definition) is 1. The van der Waals surface area contributed by atoms with E-state index >= 15 is 0 Å². The molecule has 10 heteroatoms. The van der Waals surface area contributed by atoms with Gasteiger partial charge in [-0.3, -0.25) is 9.10 Å². The van der Waals surface area contributed by atoms with E-state index in [1.165, 1.54) is 39.5 Å². The number of rotatable bonds is 11. The molecule has 0 spiro atoms. The molecule has 0 aliphatic carbocycles. The lowest BCUT2D eigenvalue weighted by Crippen LogP contribution is -2.41. The minimum atomic E-state index is -4.15. The normalized spacial score (nSPS) is 11.8. The molecule has 0 fully saturated rings. The Bertz CT molecular complexity index is 1340. The Morgan fingerprint density at radius 1 is 0.838 bits per heavy atom. The van der Waals surface area contributed by atoms with E-state index in [0.29, 0.717) is 28.5 Å². The molecular weight excluding hydrogens is 496 g/mol. The predicted octanol–water partition coefficient (Wildman–Crippen LogP) is 4.10. The van der Waals surface area contributed by atoms with Crippen LogP contribution in [0.4, 0.5) is 5.69 Å². The van der Waals surface area contributed by atoms with E-state index in [9.17, 15) is 13.2 Å². The zero-order chi connectivity index (χ0) is 27.2. The highest BCUT2D eigenvalue weighted by molar-refractivity contribution is 7.92. The summed E-state index contributed by atoms with van der Waals surface area (Å²) in [6.45, 7) is 3.23. The first-order chi connectivity index (χ1) is 17.6. The SMILES string of the molecule is COc1ccc(OC)c([C@H](C)NC(=O)CN(c2ccc(C)cc2)S(=O)(=O)c2ccc(OC)c(OC)c2)c1. The number of nitrogens with one attached hydrogen (secondary N) is 1. The molecule has 198 valence electrons. The monoisotopic (exact) mass is 528 g/mol. The minimum absolute atomic E-state index is 0.0407. The maximum Gasteiger partial charge on any atom is 0.264 e. The lowest BCUT2D eigenvalue weighted by molar-refractivity contribution is -0.120. The number of nitrogens with zero attached hydrogens (tertiary/aromatic N) is 1. The standard InChI is InChI=1S/C27H32N2O7S/c1-18-7-9-20(10-8-18)29(37(31,32)22-12-14-25(35-5)26(16-22)36-6)17-27(30)28-19(2)23-15-21(33-3)11-13-24(23)34-4/h7-16,19H,17H2,1-6H3,(H,28,30)/t19-/m0/s1. The number of carbonyl (C=O) groups is 1. The average Bonchev–Trinajstić information content (AvgIpc) is 2.91. The molecule has 0 unspecified atom stereocenters. The molecule has 0 aromatic heterocycles. The van der Waals surface area contributed by atoms with Gasteiger partial charge in [0.2, 0.25) is 5.91 Å². The smallest absolute Gasteiger partial charge is 0.264 e. The minimum Gasteiger partial charge on any atom is -0.497 e. The summed E-state index contributed by atoms with van der Waals surface area (Å²) in [5.74, 6) is 1.33. The molecule has 0 saturated heterocycles. The number of amides is 1. The first kappa shape index (κ1) is 27.7. The van der Waals surface area contributed by atoms with Crippen molar-refractivity contribution in [1.29, 1.82) is 0 Å². The van der Waals surface area contributed by atoms with Crippen molar-refractivity contribution in [2.75, 3.05) is 39.3 Å². The highest BCUT2D eigenvalue weighted by Gasteiger charge is 2.29. The summed E-state index contributed by atoms with van der Waals surface area (Å²) in [4.78, 5) is 13.2. The van der Waals surface area contributed by atoms with Crippen LogP contribution in [0.3, 0.4) is 0 Å². The Labute approximate surface area is 218 Å². The lowest BCUT2D eigenvalue weighted by atomic mass is 10.1. The molecule has 3 aromatic rings. The maximum atomic E-state index is 13.8. The van der Waals surface area contributed by atoms with E-state index < -0.39 is 28.5 Å². The number of anilines is 1. The van der Waals surface area contributed by atoms with Gasteiger partial charge in [0.25, 0.3) is 10.0 Å². The molecule has 0 radical (unpaired) electrons. The molecule has 0 saturated carbocycles. The first-order valence-electron chi connectivity index (χ1n) is 11.5. The van der Waals surface area contributed by atoms with Gasteiger partial charge in [-0.05, 0) is 56.3 Å². The number of methoxy groups -OCH3 is 4. The number of hydrogen-bond acceptors (Lipinski definition) is 7. The molecule has 1 amide bonds. The van der Waals surface area contributed by atoms with Gasteiger partial charge in [-0.15, -0.1) is 0 Å². The van der Waals surface area contributed by atoms with Gasteiger partial charge in [0.05, 0.1) is 45.1 Å². The van der Waals surface area contributed by atoms with Crippen LogP contribution in [0, 0.1) is 6.92 Å². The Balaban J connectivity index is 1.95. The third kappa shape index (κ3) is 6.26. The fraction of sp³-hybridized carbons (Fsp3) is 0.296. The van der Waals surface area contributed by atoms with Gasteiger partial charge in [0.15, 0.2) is 11.5 Å². The van der Waals surface area contributed by atoms with Gasteiger partial charge in [0, 0.05) is 11.6 Å². The summed E-state index contributed by atoms with van der Waals surface area (Å²) in [7, 11) is 1.82. The van der Waals surface area contributed by atoms with E-state index in [1.807, 2.05) is 6.92 Å². The largest absolute Gasteiger partial charge is 0.497 e. The van der Waals surface area contributed by atoms with Crippen molar-refractivity contribution in [2.45, 2.75) is 24.8 Å². The van der Waals surface area contributed by atoms with Crippen LogP contribution < -0.4 is 28.6 Å². The van der Waals surface area contributed by atoms with E-state index in [2.05, 4.69) is 5.32 Å². The topological polar surface area (TPSA) is 103 Å². The summed E-state index contributed by atoms with van der Waals surface area (Å²) in [6.07, 6.45) is 0. The van der Waals surface area contributed by atoms with Crippen molar-refractivity contribution in [3.63, 3.8) is 0 Å². The zero-order valence-corrected chi connectivity index (χ0v) is 22.6. The number of aryl methyl sites for hydroxylation is 1. The molecule has 1 N–H and O–H groups in total. The second-order valence-corrected chi connectivity index (χ2v) is 10.1. The van der Waals surface area contributed by atoms with Gasteiger partial charge < -0.3 is 24.3 Å². The van der Waals surface area contributed by atoms with Gasteiger partial charge >= 0.3 is 0 Å².